The number of carbonyl (C=O) groups is 2. The molecule has 2 aromatic rings. The Balaban J connectivity index is 1.97. The number of hydrogen-bond acceptors (Lipinski definition) is 6. The number of carboxylic acids is 1. The zero-order valence-corrected chi connectivity index (χ0v) is 11.5. The van der Waals surface area contributed by atoms with Crippen molar-refractivity contribution in [2.45, 2.75) is 12.5 Å². The van der Waals surface area contributed by atoms with Gasteiger partial charge in [-0.05, 0) is 17.7 Å². The van der Waals surface area contributed by atoms with Crippen LogP contribution in [0.1, 0.15) is 5.56 Å². The summed E-state index contributed by atoms with van der Waals surface area (Å²) in [6, 6.07) is 4.33. The number of rotatable bonds is 5. The van der Waals surface area contributed by atoms with E-state index in [9.17, 15) is 14.7 Å². The Labute approximate surface area is 123 Å². The van der Waals surface area contributed by atoms with Gasteiger partial charge in [-0.15, -0.1) is 10.2 Å². The molecule has 2 amide bonds. The minimum atomic E-state index is -1.16. The number of amides is 2. The number of benzene rings is 1. The summed E-state index contributed by atoms with van der Waals surface area (Å²) < 4.78 is 0. The van der Waals surface area contributed by atoms with E-state index in [2.05, 4.69) is 20.8 Å². The van der Waals surface area contributed by atoms with Crippen LogP contribution in [0.2, 0.25) is 0 Å². The summed E-state index contributed by atoms with van der Waals surface area (Å²) in [6.07, 6.45) is 0.0964. The fourth-order valence-corrected chi connectivity index (χ4v) is 2.03. The van der Waals surface area contributed by atoms with E-state index in [1.54, 1.807) is 12.1 Å². The predicted molar refractivity (Wildman–Crippen MR) is 75.3 cm³/mol. The van der Waals surface area contributed by atoms with Gasteiger partial charge in [0.2, 0.25) is 5.13 Å². The number of urea groups is 1. The topological polar surface area (TPSA) is 124 Å². The number of nitrogens with one attached hydrogen (secondary N) is 2. The fraction of sp³-hybridized carbons (Fsp3) is 0.167. The Bertz CT molecular complexity index is 615. The van der Waals surface area contributed by atoms with Crippen molar-refractivity contribution >= 4 is 28.5 Å². The molecule has 0 saturated carbocycles. The molecular formula is C12H12N4O4S. The number of aliphatic carboxylic acids is 1. The molecule has 0 saturated heterocycles. The standard InChI is InChI=1S/C12H12N4O4S/c17-8-3-1-7(2-4-8)5-9(10(18)19)14-11(20)15-12-16-13-6-21-12/h1-4,6,9,17H,5H2,(H,18,19)(H2,14,15,16,20). The van der Waals surface area contributed by atoms with Crippen LogP contribution in [0.4, 0.5) is 9.93 Å². The Hall–Kier alpha value is -2.68. The first-order chi connectivity index (χ1) is 10.0. The van der Waals surface area contributed by atoms with E-state index in [-0.39, 0.29) is 17.3 Å². The summed E-state index contributed by atoms with van der Waals surface area (Å²) in [6.45, 7) is 0. The highest BCUT2D eigenvalue weighted by Gasteiger charge is 2.20. The van der Waals surface area contributed by atoms with E-state index in [1.165, 1.54) is 17.6 Å². The molecule has 0 radical (unpaired) electrons. The maximum absolute atomic E-state index is 11.7. The highest BCUT2D eigenvalue weighted by molar-refractivity contribution is 7.13. The second kappa shape index (κ2) is 6.66. The molecule has 9 heteroatoms. The van der Waals surface area contributed by atoms with Crippen LogP contribution in [-0.4, -0.2) is 38.5 Å². The van der Waals surface area contributed by atoms with Gasteiger partial charge in [0, 0.05) is 6.42 Å². The number of hydrogen-bond donors (Lipinski definition) is 4. The summed E-state index contributed by atoms with van der Waals surface area (Å²) in [5.41, 5.74) is 2.12. The van der Waals surface area contributed by atoms with Crippen molar-refractivity contribution in [2.75, 3.05) is 5.32 Å². The molecule has 0 aliphatic carbocycles. The number of phenols is 1. The molecule has 0 aliphatic rings. The second-order valence-electron chi connectivity index (χ2n) is 4.10. The lowest BCUT2D eigenvalue weighted by Gasteiger charge is -2.14. The van der Waals surface area contributed by atoms with E-state index in [0.29, 0.717) is 5.56 Å². The first-order valence-electron chi connectivity index (χ1n) is 5.89. The summed E-state index contributed by atoms with van der Waals surface area (Å²) in [5, 5.41) is 30.5. The molecule has 0 aliphatic heterocycles. The van der Waals surface area contributed by atoms with Gasteiger partial charge in [-0.1, -0.05) is 23.5 Å². The van der Waals surface area contributed by atoms with Crippen LogP contribution in [0.15, 0.2) is 29.8 Å². The molecule has 21 heavy (non-hydrogen) atoms. The Kier molecular flexibility index (Phi) is 4.67. The first kappa shape index (κ1) is 14.7. The molecule has 110 valence electrons. The van der Waals surface area contributed by atoms with Crippen molar-refractivity contribution in [1.29, 1.82) is 0 Å². The van der Waals surface area contributed by atoms with Gasteiger partial charge >= 0.3 is 12.0 Å². The maximum atomic E-state index is 11.7. The number of carboxylic acid groups (broad SMARTS) is 1. The van der Waals surface area contributed by atoms with Crippen molar-refractivity contribution in [3.63, 3.8) is 0 Å². The normalized spacial score (nSPS) is 11.6. The van der Waals surface area contributed by atoms with Gasteiger partial charge in [0.05, 0.1) is 0 Å². The molecule has 8 nitrogen and oxygen atoms in total. The average Bonchev–Trinajstić information content (AvgIpc) is 2.93. The van der Waals surface area contributed by atoms with Crippen molar-refractivity contribution in [2.24, 2.45) is 0 Å². The van der Waals surface area contributed by atoms with E-state index < -0.39 is 18.0 Å². The van der Waals surface area contributed by atoms with Gasteiger partial charge in [-0.3, -0.25) is 5.32 Å². The molecule has 1 atom stereocenters. The lowest BCUT2D eigenvalue weighted by atomic mass is 10.1. The molecule has 4 N–H and O–H groups in total. The van der Waals surface area contributed by atoms with Gasteiger partial charge in [0.25, 0.3) is 0 Å². The molecular weight excluding hydrogens is 296 g/mol. The second-order valence-corrected chi connectivity index (χ2v) is 4.94. The number of anilines is 1. The van der Waals surface area contributed by atoms with Crippen LogP contribution in [0.3, 0.4) is 0 Å². The molecule has 1 aromatic carbocycles. The average molecular weight is 308 g/mol. The predicted octanol–water partition coefficient (Wildman–Crippen LogP) is 1.06. The highest BCUT2D eigenvalue weighted by Crippen LogP contribution is 2.12. The molecule has 0 fully saturated rings. The molecule has 1 aromatic heterocycles. The van der Waals surface area contributed by atoms with Gasteiger partial charge in [0.1, 0.15) is 17.3 Å². The fourth-order valence-electron chi connectivity index (χ4n) is 1.59. The monoisotopic (exact) mass is 308 g/mol. The van der Waals surface area contributed by atoms with Crippen molar-refractivity contribution in [3.8, 4) is 5.75 Å². The maximum Gasteiger partial charge on any atom is 0.326 e. The minimum absolute atomic E-state index is 0.0904. The molecule has 2 rings (SSSR count). The third kappa shape index (κ3) is 4.42. The molecule has 1 heterocycles. The number of nitrogens with zero attached hydrogens (tertiary/aromatic N) is 2. The third-order valence-corrected chi connectivity index (χ3v) is 3.17. The van der Waals surface area contributed by atoms with Crippen LogP contribution < -0.4 is 10.6 Å². The zero-order valence-electron chi connectivity index (χ0n) is 10.7. The van der Waals surface area contributed by atoms with Gasteiger partial charge in [-0.2, -0.15) is 0 Å². The van der Waals surface area contributed by atoms with Gasteiger partial charge in [-0.25, -0.2) is 9.59 Å². The summed E-state index contributed by atoms with van der Waals surface area (Å²) in [4.78, 5) is 22.9. The lowest BCUT2D eigenvalue weighted by Crippen LogP contribution is -2.44. The molecule has 1 unspecified atom stereocenters. The summed E-state index contributed by atoms with van der Waals surface area (Å²) in [7, 11) is 0. The molecule has 0 bridgehead atoms. The van der Waals surface area contributed by atoms with Gasteiger partial charge < -0.3 is 15.5 Å². The largest absolute Gasteiger partial charge is 0.508 e. The smallest absolute Gasteiger partial charge is 0.326 e. The number of aromatic hydroxyl groups is 1. The summed E-state index contributed by atoms with van der Waals surface area (Å²) in [5.74, 6) is -1.07. The molecule has 0 spiro atoms. The first-order valence-corrected chi connectivity index (χ1v) is 6.77. The summed E-state index contributed by atoms with van der Waals surface area (Å²) >= 11 is 1.12. The quantitative estimate of drug-likeness (QED) is 0.654. The van der Waals surface area contributed by atoms with Gasteiger partial charge in [0.15, 0.2) is 0 Å². The van der Waals surface area contributed by atoms with Crippen molar-refractivity contribution < 1.29 is 19.8 Å². The Morgan fingerprint density at radius 1 is 1.29 bits per heavy atom. The van der Waals surface area contributed by atoms with E-state index in [4.69, 9.17) is 5.11 Å². The minimum Gasteiger partial charge on any atom is -0.508 e. The van der Waals surface area contributed by atoms with E-state index in [0.717, 1.165) is 11.3 Å². The van der Waals surface area contributed by atoms with Crippen LogP contribution >= 0.6 is 11.3 Å². The number of aromatic nitrogens is 2. The van der Waals surface area contributed by atoms with Crippen LogP contribution in [0.25, 0.3) is 0 Å². The third-order valence-electron chi connectivity index (χ3n) is 2.56. The Morgan fingerprint density at radius 3 is 2.57 bits per heavy atom. The van der Waals surface area contributed by atoms with Crippen molar-refractivity contribution in [1.82, 2.24) is 15.5 Å². The van der Waals surface area contributed by atoms with Crippen LogP contribution in [0.5, 0.6) is 5.75 Å². The Morgan fingerprint density at radius 2 is 2.00 bits per heavy atom. The van der Waals surface area contributed by atoms with Crippen LogP contribution in [-0.2, 0) is 11.2 Å². The van der Waals surface area contributed by atoms with E-state index in [1.807, 2.05) is 0 Å². The SMILES string of the molecule is O=C(Nc1nncs1)NC(Cc1ccc(O)cc1)C(=O)O. The van der Waals surface area contributed by atoms with E-state index >= 15 is 0 Å². The lowest BCUT2D eigenvalue weighted by molar-refractivity contribution is -0.139. The number of carbonyl (C=O) groups excluding carboxylic acids is 1. The number of phenolic OH excluding ortho intramolecular Hbond substituents is 1. The van der Waals surface area contributed by atoms with Crippen LogP contribution in [0, 0.1) is 0 Å². The highest BCUT2D eigenvalue weighted by atomic mass is 32.1. The van der Waals surface area contributed by atoms with Crippen molar-refractivity contribution in [3.05, 3.63) is 35.3 Å². The zero-order chi connectivity index (χ0) is 15.2.